The van der Waals surface area contributed by atoms with Gasteiger partial charge in [0, 0.05) is 13.1 Å². The van der Waals surface area contributed by atoms with Crippen LogP contribution in [-0.4, -0.2) is 33.0 Å². The molecule has 0 bridgehead atoms. The van der Waals surface area contributed by atoms with E-state index in [2.05, 4.69) is 26.8 Å². The lowest BCUT2D eigenvalue weighted by Crippen LogP contribution is -2.33. The number of hydrogen-bond donors (Lipinski definition) is 2. The number of nitrogens with one attached hydrogen (secondary N) is 1. The SMILES string of the molecule is CC1CCN(c2cnc(N)c(-c3nc4ccccc4[nH]3)n2)CC1. The quantitative estimate of drug-likeness (QED) is 0.760. The zero-order chi connectivity index (χ0) is 15.8. The van der Waals surface area contributed by atoms with Gasteiger partial charge in [0.25, 0.3) is 0 Å². The molecule has 2 aromatic heterocycles. The number of aromatic amines is 1. The van der Waals surface area contributed by atoms with Gasteiger partial charge in [0.2, 0.25) is 0 Å². The lowest BCUT2D eigenvalue weighted by atomic mass is 9.99. The van der Waals surface area contributed by atoms with Crippen LogP contribution in [0.5, 0.6) is 0 Å². The van der Waals surface area contributed by atoms with Crippen LogP contribution in [-0.2, 0) is 0 Å². The number of H-pyrrole nitrogens is 1. The van der Waals surface area contributed by atoms with E-state index in [1.165, 1.54) is 12.8 Å². The first-order valence-electron chi connectivity index (χ1n) is 8.03. The minimum absolute atomic E-state index is 0.401. The molecular weight excluding hydrogens is 288 g/mol. The first kappa shape index (κ1) is 14.0. The van der Waals surface area contributed by atoms with E-state index in [1.807, 2.05) is 24.3 Å². The lowest BCUT2D eigenvalue weighted by Gasteiger charge is -2.31. The van der Waals surface area contributed by atoms with Crippen molar-refractivity contribution >= 4 is 22.7 Å². The fourth-order valence-corrected chi connectivity index (χ4v) is 3.02. The van der Waals surface area contributed by atoms with Gasteiger partial charge in [-0.25, -0.2) is 15.0 Å². The summed E-state index contributed by atoms with van der Waals surface area (Å²) in [5.41, 5.74) is 8.54. The third-order valence-corrected chi connectivity index (χ3v) is 4.51. The highest BCUT2D eigenvalue weighted by molar-refractivity contribution is 5.80. The van der Waals surface area contributed by atoms with Crippen molar-refractivity contribution in [2.75, 3.05) is 23.7 Å². The predicted molar refractivity (Wildman–Crippen MR) is 92.1 cm³/mol. The van der Waals surface area contributed by atoms with E-state index < -0.39 is 0 Å². The van der Waals surface area contributed by atoms with Crippen molar-refractivity contribution in [3.63, 3.8) is 0 Å². The van der Waals surface area contributed by atoms with Crippen molar-refractivity contribution in [2.24, 2.45) is 5.92 Å². The number of benzene rings is 1. The highest BCUT2D eigenvalue weighted by Crippen LogP contribution is 2.27. The average molecular weight is 308 g/mol. The van der Waals surface area contributed by atoms with E-state index in [1.54, 1.807) is 6.20 Å². The molecule has 1 aliphatic heterocycles. The number of rotatable bonds is 2. The number of aromatic nitrogens is 4. The van der Waals surface area contributed by atoms with Crippen LogP contribution >= 0.6 is 0 Å². The standard InChI is InChI=1S/C17H20N6/c1-11-6-8-23(9-7-11)14-10-19-16(18)15(22-14)17-20-12-4-2-3-5-13(12)21-17/h2-5,10-11H,6-9H2,1H3,(H2,18,19)(H,20,21). The molecule has 1 saturated heterocycles. The summed E-state index contributed by atoms with van der Waals surface area (Å²) in [7, 11) is 0. The van der Waals surface area contributed by atoms with Gasteiger partial charge in [-0.05, 0) is 30.9 Å². The number of nitrogens with two attached hydrogens (primary N) is 1. The first-order chi connectivity index (χ1) is 11.2. The molecule has 1 aliphatic rings. The van der Waals surface area contributed by atoms with Crippen LogP contribution in [0.2, 0.25) is 0 Å². The van der Waals surface area contributed by atoms with Gasteiger partial charge in [-0.3, -0.25) is 0 Å². The molecule has 0 unspecified atom stereocenters. The predicted octanol–water partition coefficient (Wildman–Crippen LogP) is 2.84. The van der Waals surface area contributed by atoms with Gasteiger partial charge in [0.05, 0.1) is 17.2 Å². The van der Waals surface area contributed by atoms with Gasteiger partial charge in [0.15, 0.2) is 17.3 Å². The van der Waals surface area contributed by atoms with Gasteiger partial charge in [-0.1, -0.05) is 19.1 Å². The first-order valence-corrected chi connectivity index (χ1v) is 8.03. The van der Waals surface area contributed by atoms with Crippen LogP contribution in [0, 0.1) is 5.92 Å². The summed E-state index contributed by atoms with van der Waals surface area (Å²) in [5, 5.41) is 0. The molecule has 6 heteroatoms. The smallest absolute Gasteiger partial charge is 0.161 e. The number of imidazole rings is 1. The second-order valence-corrected chi connectivity index (χ2v) is 6.23. The molecule has 4 rings (SSSR count). The van der Waals surface area contributed by atoms with Crippen molar-refractivity contribution < 1.29 is 0 Å². The summed E-state index contributed by atoms with van der Waals surface area (Å²) >= 11 is 0. The van der Waals surface area contributed by atoms with E-state index in [0.29, 0.717) is 17.3 Å². The van der Waals surface area contributed by atoms with Crippen molar-refractivity contribution in [3.8, 4) is 11.5 Å². The summed E-state index contributed by atoms with van der Waals surface area (Å²) in [5.74, 6) is 2.73. The lowest BCUT2D eigenvalue weighted by molar-refractivity contribution is 0.436. The molecule has 3 aromatic rings. The monoisotopic (exact) mass is 308 g/mol. The number of hydrogen-bond acceptors (Lipinski definition) is 5. The maximum atomic E-state index is 6.04. The summed E-state index contributed by atoms with van der Waals surface area (Å²) in [6.45, 7) is 4.32. The summed E-state index contributed by atoms with van der Waals surface area (Å²) in [6, 6.07) is 7.90. The molecule has 0 amide bonds. The maximum absolute atomic E-state index is 6.04. The van der Waals surface area contributed by atoms with Crippen LogP contribution in [0.25, 0.3) is 22.6 Å². The molecular formula is C17H20N6. The fraction of sp³-hybridized carbons (Fsp3) is 0.353. The van der Waals surface area contributed by atoms with Crippen LogP contribution in [0.1, 0.15) is 19.8 Å². The summed E-state index contributed by atoms with van der Waals surface area (Å²) in [6.07, 6.45) is 4.13. The zero-order valence-corrected chi connectivity index (χ0v) is 13.2. The number of anilines is 2. The third-order valence-electron chi connectivity index (χ3n) is 4.51. The zero-order valence-electron chi connectivity index (χ0n) is 13.2. The molecule has 0 radical (unpaired) electrons. The fourth-order valence-electron chi connectivity index (χ4n) is 3.02. The summed E-state index contributed by atoms with van der Waals surface area (Å²) < 4.78 is 0. The van der Waals surface area contributed by atoms with Gasteiger partial charge >= 0.3 is 0 Å². The van der Waals surface area contributed by atoms with Crippen LogP contribution < -0.4 is 10.6 Å². The molecule has 1 fully saturated rings. The molecule has 3 N–H and O–H groups in total. The molecule has 0 atom stereocenters. The Bertz CT molecular complexity index is 799. The number of nitrogens with zero attached hydrogens (tertiary/aromatic N) is 4. The maximum Gasteiger partial charge on any atom is 0.161 e. The Balaban J connectivity index is 1.71. The molecule has 0 aliphatic carbocycles. The van der Waals surface area contributed by atoms with Gasteiger partial charge in [-0.15, -0.1) is 0 Å². The largest absolute Gasteiger partial charge is 0.382 e. The Morgan fingerprint density at radius 3 is 2.74 bits per heavy atom. The molecule has 23 heavy (non-hydrogen) atoms. The highest BCUT2D eigenvalue weighted by atomic mass is 15.2. The Hall–Kier alpha value is -2.63. The Morgan fingerprint density at radius 1 is 1.17 bits per heavy atom. The van der Waals surface area contributed by atoms with Crippen LogP contribution in [0.15, 0.2) is 30.5 Å². The van der Waals surface area contributed by atoms with Crippen molar-refractivity contribution in [2.45, 2.75) is 19.8 Å². The average Bonchev–Trinajstić information content (AvgIpc) is 3.00. The number of para-hydroxylation sites is 2. The van der Waals surface area contributed by atoms with Crippen molar-refractivity contribution in [1.29, 1.82) is 0 Å². The van der Waals surface area contributed by atoms with Gasteiger partial charge in [0.1, 0.15) is 5.82 Å². The molecule has 0 saturated carbocycles. The Labute approximate surface area is 134 Å². The molecule has 0 spiro atoms. The second kappa shape index (κ2) is 5.53. The Kier molecular flexibility index (Phi) is 3.37. The summed E-state index contributed by atoms with van der Waals surface area (Å²) in [4.78, 5) is 19.2. The van der Waals surface area contributed by atoms with Gasteiger partial charge < -0.3 is 15.6 Å². The van der Waals surface area contributed by atoms with E-state index >= 15 is 0 Å². The van der Waals surface area contributed by atoms with Crippen LogP contribution in [0.3, 0.4) is 0 Å². The molecule has 6 nitrogen and oxygen atoms in total. The Morgan fingerprint density at radius 2 is 1.96 bits per heavy atom. The van der Waals surface area contributed by atoms with E-state index in [9.17, 15) is 0 Å². The minimum atomic E-state index is 0.401. The van der Waals surface area contributed by atoms with Crippen LogP contribution in [0.4, 0.5) is 11.6 Å². The van der Waals surface area contributed by atoms with E-state index in [4.69, 9.17) is 10.7 Å². The van der Waals surface area contributed by atoms with E-state index in [-0.39, 0.29) is 0 Å². The highest BCUT2D eigenvalue weighted by Gasteiger charge is 2.19. The third kappa shape index (κ3) is 2.60. The van der Waals surface area contributed by atoms with Crippen molar-refractivity contribution in [3.05, 3.63) is 30.5 Å². The normalized spacial score (nSPS) is 16.1. The number of nitrogen functional groups attached to an aromatic ring is 1. The van der Waals surface area contributed by atoms with E-state index in [0.717, 1.165) is 35.9 Å². The number of fused-ring (bicyclic) bond motifs is 1. The number of piperidine rings is 1. The molecule has 1 aromatic carbocycles. The van der Waals surface area contributed by atoms with Crippen molar-refractivity contribution in [1.82, 2.24) is 19.9 Å². The molecule has 3 heterocycles. The van der Waals surface area contributed by atoms with Gasteiger partial charge in [-0.2, -0.15) is 0 Å². The second-order valence-electron chi connectivity index (χ2n) is 6.23. The minimum Gasteiger partial charge on any atom is -0.382 e. The molecule has 118 valence electrons. The topological polar surface area (TPSA) is 83.7 Å².